The SMILES string of the molecule is Cc1nc(C(=O)[C@@H](C#N)c2ccccn2)nn1-c1ccccc1C(C)C. The third kappa shape index (κ3) is 3.24. The van der Waals surface area contributed by atoms with Crippen molar-refractivity contribution in [1.29, 1.82) is 5.26 Å². The van der Waals surface area contributed by atoms with Crippen molar-refractivity contribution in [3.63, 3.8) is 0 Å². The van der Waals surface area contributed by atoms with Gasteiger partial charge in [-0.25, -0.2) is 9.67 Å². The van der Waals surface area contributed by atoms with E-state index in [4.69, 9.17) is 0 Å². The molecule has 0 saturated carbocycles. The van der Waals surface area contributed by atoms with Gasteiger partial charge in [-0.05, 0) is 36.6 Å². The van der Waals surface area contributed by atoms with Crippen LogP contribution in [-0.2, 0) is 0 Å². The number of carbonyl (C=O) groups is 1. The van der Waals surface area contributed by atoms with Gasteiger partial charge in [0.25, 0.3) is 0 Å². The third-order valence-corrected chi connectivity index (χ3v) is 4.15. The quantitative estimate of drug-likeness (QED) is 0.660. The van der Waals surface area contributed by atoms with E-state index in [1.165, 1.54) is 0 Å². The summed E-state index contributed by atoms with van der Waals surface area (Å²) in [6.45, 7) is 6.00. The lowest BCUT2D eigenvalue weighted by Gasteiger charge is -2.12. The van der Waals surface area contributed by atoms with Crippen LogP contribution in [-0.4, -0.2) is 25.5 Å². The summed E-state index contributed by atoms with van der Waals surface area (Å²) in [6, 6.07) is 15.0. The summed E-state index contributed by atoms with van der Waals surface area (Å²) >= 11 is 0. The summed E-state index contributed by atoms with van der Waals surface area (Å²) in [5.41, 5.74) is 2.40. The highest BCUT2D eigenvalue weighted by atomic mass is 16.1. The van der Waals surface area contributed by atoms with E-state index in [-0.39, 0.29) is 5.82 Å². The van der Waals surface area contributed by atoms with Crippen LogP contribution in [0, 0.1) is 18.3 Å². The second-order valence-corrected chi connectivity index (χ2v) is 6.29. The van der Waals surface area contributed by atoms with Gasteiger partial charge in [-0.2, -0.15) is 5.26 Å². The topological polar surface area (TPSA) is 84.5 Å². The van der Waals surface area contributed by atoms with Crippen molar-refractivity contribution in [3.05, 3.63) is 71.6 Å². The largest absolute Gasteiger partial charge is 0.289 e. The van der Waals surface area contributed by atoms with Crippen LogP contribution in [0.15, 0.2) is 48.7 Å². The molecule has 0 amide bonds. The molecule has 1 aromatic carbocycles. The highest BCUT2D eigenvalue weighted by Gasteiger charge is 2.27. The molecule has 130 valence electrons. The average Bonchev–Trinajstić information content (AvgIpc) is 3.04. The number of rotatable bonds is 5. The Morgan fingerprint density at radius 2 is 1.88 bits per heavy atom. The van der Waals surface area contributed by atoms with Crippen molar-refractivity contribution in [2.45, 2.75) is 32.6 Å². The second kappa shape index (κ2) is 7.28. The average molecular weight is 345 g/mol. The Balaban J connectivity index is 2.01. The molecule has 6 nitrogen and oxygen atoms in total. The molecule has 26 heavy (non-hydrogen) atoms. The zero-order valence-corrected chi connectivity index (χ0v) is 14.9. The van der Waals surface area contributed by atoms with Gasteiger partial charge in [0, 0.05) is 6.20 Å². The van der Waals surface area contributed by atoms with E-state index in [9.17, 15) is 10.1 Å². The first-order valence-corrected chi connectivity index (χ1v) is 8.40. The van der Waals surface area contributed by atoms with Crippen LogP contribution < -0.4 is 0 Å². The number of nitriles is 1. The van der Waals surface area contributed by atoms with Crippen LogP contribution in [0.1, 0.15) is 53.4 Å². The van der Waals surface area contributed by atoms with E-state index >= 15 is 0 Å². The summed E-state index contributed by atoms with van der Waals surface area (Å²) in [4.78, 5) is 21.2. The number of hydrogen-bond donors (Lipinski definition) is 0. The first-order chi connectivity index (χ1) is 12.5. The van der Waals surface area contributed by atoms with Crippen LogP contribution in [0.5, 0.6) is 0 Å². The standard InChI is InChI=1S/C20H19N5O/c1-13(2)15-8-4-5-10-18(15)25-14(3)23-20(24-25)19(26)16(12-21)17-9-6-7-11-22-17/h4-11,13,16H,1-3H3/t16-/m0/s1. The second-order valence-electron chi connectivity index (χ2n) is 6.29. The van der Waals surface area contributed by atoms with Crippen molar-refractivity contribution in [1.82, 2.24) is 19.7 Å². The molecule has 3 rings (SSSR count). The number of hydrogen-bond acceptors (Lipinski definition) is 5. The zero-order chi connectivity index (χ0) is 18.7. The first-order valence-electron chi connectivity index (χ1n) is 8.40. The summed E-state index contributed by atoms with van der Waals surface area (Å²) in [5, 5.41) is 13.8. The van der Waals surface area contributed by atoms with Gasteiger partial charge < -0.3 is 0 Å². The van der Waals surface area contributed by atoms with Gasteiger partial charge in [0.05, 0.1) is 17.5 Å². The lowest BCUT2D eigenvalue weighted by Crippen LogP contribution is -2.14. The van der Waals surface area contributed by atoms with Crippen LogP contribution in [0.2, 0.25) is 0 Å². The fourth-order valence-corrected chi connectivity index (χ4v) is 2.83. The van der Waals surface area contributed by atoms with Crippen molar-refractivity contribution in [2.24, 2.45) is 0 Å². The molecule has 0 saturated heterocycles. The Labute approximate surface area is 152 Å². The molecule has 2 heterocycles. The summed E-state index contributed by atoms with van der Waals surface area (Å²) in [6.07, 6.45) is 1.56. The number of para-hydroxylation sites is 1. The van der Waals surface area contributed by atoms with E-state index < -0.39 is 11.7 Å². The van der Waals surface area contributed by atoms with E-state index in [0.717, 1.165) is 11.3 Å². The van der Waals surface area contributed by atoms with Gasteiger partial charge in [0.1, 0.15) is 5.82 Å². The van der Waals surface area contributed by atoms with Crippen LogP contribution >= 0.6 is 0 Å². The molecule has 2 aromatic heterocycles. The summed E-state index contributed by atoms with van der Waals surface area (Å²) in [5.74, 6) is -0.548. The number of Topliss-reactive ketones (excluding diaryl/α,β-unsaturated/α-hetero) is 1. The monoisotopic (exact) mass is 345 g/mol. The van der Waals surface area contributed by atoms with E-state index in [1.807, 2.05) is 30.3 Å². The minimum atomic E-state index is -1.02. The van der Waals surface area contributed by atoms with E-state index in [2.05, 4.69) is 28.9 Å². The normalized spacial score (nSPS) is 12.0. The molecule has 0 N–H and O–H groups in total. The number of benzene rings is 1. The van der Waals surface area contributed by atoms with Crippen molar-refractivity contribution in [3.8, 4) is 11.8 Å². The number of pyridine rings is 1. The van der Waals surface area contributed by atoms with Gasteiger partial charge in [-0.15, -0.1) is 5.10 Å². The Hall–Kier alpha value is -3.33. The van der Waals surface area contributed by atoms with Gasteiger partial charge in [0.2, 0.25) is 11.6 Å². The summed E-state index contributed by atoms with van der Waals surface area (Å²) in [7, 11) is 0. The van der Waals surface area contributed by atoms with Gasteiger partial charge in [-0.1, -0.05) is 38.1 Å². The number of ketones is 1. The number of carbonyl (C=O) groups excluding carboxylic acids is 1. The predicted molar refractivity (Wildman–Crippen MR) is 97.1 cm³/mol. The molecule has 0 spiro atoms. The van der Waals surface area contributed by atoms with Gasteiger partial charge in [0.15, 0.2) is 5.92 Å². The molecule has 6 heteroatoms. The first kappa shape index (κ1) is 17.5. The van der Waals surface area contributed by atoms with Crippen LogP contribution in [0.4, 0.5) is 0 Å². The Bertz CT molecular complexity index is 969. The van der Waals surface area contributed by atoms with Gasteiger partial charge >= 0.3 is 0 Å². The Kier molecular flexibility index (Phi) is 4.90. The fourth-order valence-electron chi connectivity index (χ4n) is 2.83. The van der Waals surface area contributed by atoms with Crippen LogP contribution in [0.3, 0.4) is 0 Å². The molecule has 0 aliphatic carbocycles. The van der Waals surface area contributed by atoms with Crippen molar-refractivity contribution >= 4 is 5.78 Å². The Morgan fingerprint density at radius 1 is 1.15 bits per heavy atom. The predicted octanol–water partition coefficient (Wildman–Crippen LogP) is 3.58. The van der Waals surface area contributed by atoms with Gasteiger partial charge in [-0.3, -0.25) is 9.78 Å². The highest BCUT2D eigenvalue weighted by Crippen LogP contribution is 2.24. The fraction of sp³-hybridized carbons (Fsp3) is 0.250. The number of aryl methyl sites for hydroxylation is 1. The molecule has 0 fully saturated rings. The third-order valence-electron chi connectivity index (χ3n) is 4.15. The van der Waals surface area contributed by atoms with E-state index in [1.54, 1.807) is 36.0 Å². The van der Waals surface area contributed by atoms with Crippen LogP contribution in [0.25, 0.3) is 5.69 Å². The minimum Gasteiger partial charge on any atom is -0.289 e. The maximum Gasteiger partial charge on any atom is 0.225 e. The van der Waals surface area contributed by atoms with Crippen molar-refractivity contribution in [2.75, 3.05) is 0 Å². The Morgan fingerprint density at radius 3 is 2.54 bits per heavy atom. The highest BCUT2D eigenvalue weighted by molar-refractivity contribution is 5.99. The molecule has 0 radical (unpaired) electrons. The van der Waals surface area contributed by atoms with Crippen molar-refractivity contribution < 1.29 is 4.79 Å². The molecule has 0 bridgehead atoms. The lowest BCUT2D eigenvalue weighted by atomic mass is 10.0. The zero-order valence-electron chi connectivity index (χ0n) is 14.9. The molecule has 3 aromatic rings. The molecular formula is C20H19N5O. The molecule has 0 aliphatic rings. The molecular weight excluding hydrogens is 326 g/mol. The number of aromatic nitrogens is 4. The number of nitrogens with zero attached hydrogens (tertiary/aromatic N) is 5. The maximum absolute atomic E-state index is 12.8. The maximum atomic E-state index is 12.8. The molecule has 0 aliphatic heterocycles. The summed E-state index contributed by atoms with van der Waals surface area (Å²) < 4.78 is 1.66. The van der Waals surface area contributed by atoms with E-state index in [0.29, 0.717) is 17.4 Å². The molecule has 1 atom stereocenters. The smallest absolute Gasteiger partial charge is 0.225 e. The lowest BCUT2D eigenvalue weighted by molar-refractivity contribution is 0.0967. The molecule has 0 unspecified atom stereocenters. The minimum absolute atomic E-state index is 0.0262.